The summed E-state index contributed by atoms with van der Waals surface area (Å²) in [5.74, 6) is -3.75. The number of alkyl halides is 8. The molecule has 4 unspecified atom stereocenters. The molecule has 0 aromatic carbocycles. The lowest BCUT2D eigenvalue weighted by Crippen LogP contribution is -2.66. The van der Waals surface area contributed by atoms with Crippen molar-refractivity contribution in [2.75, 3.05) is 0 Å². The number of hydrogen-bond acceptors (Lipinski definition) is 2. The summed E-state index contributed by atoms with van der Waals surface area (Å²) in [5.41, 5.74) is -7.81. The number of hydrogen-bond donors (Lipinski definition) is 0. The third-order valence-corrected chi connectivity index (χ3v) is 5.84. The second-order valence-electron chi connectivity index (χ2n) is 5.17. The number of halogens is 8. The summed E-state index contributed by atoms with van der Waals surface area (Å²) in [6, 6.07) is 1.94. The molecule has 2 rings (SSSR count). The van der Waals surface area contributed by atoms with E-state index in [0.29, 0.717) is 0 Å². The Kier molecular flexibility index (Phi) is 3.40. The molecule has 2 aliphatic rings. The van der Waals surface area contributed by atoms with E-state index in [9.17, 15) is 26.3 Å². The lowest BCUT2D eigenvalue weighted by Gasteiger charge is -2.49. The van der Waals surface area contributed by atoms with Crippen LogP contribution < -0.4 is 0 Å². The van der Waals surface area contributed by atoms with Gasteiger partial charge in [0.15, 0.2) is 10.8 Å². The van der Waals surface area contributed by atoms with Crippen molar-refractivity contribution in [2.45, 2.75) is 29.5 Å². The molecule has 2 nitrogen and oxygen atoms in total. The average molecular weight is 351 g/mol. The SMILES string of the molecule is N#CC1(C#N)C2CC(C(Cl)C2Cl)C1(C(F)(F)F)C(F)(F)F. The van der Waals surface area contributed by atoms with Crippen molar-refractivity contribution in [1.29, 1.82) is 10.5 Å². The van der Waals surface area contributed by atoms with Crippen LogP contribution in [0.1, 0.15) is 6.42 Å². The van der Waals surface area contributed by atoms with E-state index in [1.54, 1.807) is 0 Å². The van der Waals surface area contributed by atoms with Gasteiger partial charge in [-0.2, -0.15) is 36.9 Å². The maximum absolute atomic E-state index is 13.4. The third-order valence-electron chi connectivity index (χ3n) is 4.56. The van der Waals surface area contributed by atoms with E-state index < -0.39 is 52.2 Å². The van der Waals surface area contributed by atoms with Gasteiger partial charge in [-0.1, -0.05) is 0 Å². The summed E-state index contributed by atoms with van der Waals surface area (Å²) in [7, 11) is 0. The number of fused-ring (bicyclic) bond motifs is 2. The van der Waals surface area contributed by atoms with Gasteiger partial charge in [0, 0.05) is 11.8 Å². The second-order valence-corrected chi connectivity index (χ2v) is 6.18. The Labute approximate surface area is 125 Å². The molecule has 116 valence electrons. The summed E-state index contributed by atoms with van der Waals surface area (Å²) < 4.78 is 80.5. The first-order valence-corrected chi connectivity index (χ1v) is 6.53. The third kappa shape index (κ3) is 1.55. The predicted octanol–water partition coefficient (Wildman–Crippen LogP) is 4.00. The highest BCUT2D eigenvalue weighted by Gasteiger charge is 2.91. The minimum absolute atomic E-state index is 0.664. The van der Waals surface area contributed by atoms with Crippen molar-refractivity contribution in [1.82, 2.24) is 0 Å². The molecule has 2 saturated carbocycles. The van der Waals surface area contributed by atoms with Crippen molar-refractivity contribution >= 4 is 23.2 Å². The number of rotatable bonds is 0. The first-order chi connectivity index (χ1) is 9.42. The fraction of sp³-hybridized carbons (Fsp3) is 0.818. The van der Waals surface area contributed by atoms with Gasteiger partial charge in [0.05, 0.1) is 22.9 Å². The minimum atomic E-state index is -5.85. The van der Waals surface area contributed by atoms with Crippen LogP contribution in [-0.2, 0) is 0 Å². The van der Waals surface area contributed by atoms with E-state index >= 15 is 0 Å². The highest BCUT2D eigenvalue weighted by Crippen LogP contribution is 2.77. The lowest BCUT2D eigenvalue weighted by molar-refractivity contribution is -0.376. The van der Waals surface area contributed by atoms with Gasteiger partial charge in [0.25, 0.3) is 0 Å². The largest absolute Gasteiger partial charge is 0.406 e. The highest BCUT2D eigenvalue weighted by molar-refractivity contribution is 6.31. The molecule has 0 aromatic heterocycles. The van der Waals surface area contributed by atoms with Gasteiger partial charge in [0.2, 0.25) is 0 Å². The standard InChI is InChI=1S/C11H6Cl2F6N2/c12-6-4-1-5(7(6)13)9(10(14,15)16,11(17,18)19)8(4,2-20)3-21/h4-7H,1H2. The van der Waals surface area contributed by atoms with Crippen LogP contribution in [-0.4, -0.2) is 23.1 Å². The molecule has 0 spiro atoms. The van der Waals surface area contributed by atoms with Gasteiger partial charge in [0.1, 0.15) is 0 Å². The maximum Gasteiger partial charge on any atom is 0.406 e. The fourth-order valence-electron chi connectivity index (χ4n) is 3.79. The summed E-state index contributed by atoms with van der Waals surface area (Å²) in [6.45, 7) is 0. The highest BCUT2D eigenvalue weighted by atomic mass is 35.5. The van der Waals surface area contributed by atoms with Gasteiger partial charge in [-0.3, -0.25) is 0 Å². The molecule has 0 aromatic rings. The minimum Gasteiger partial charge on any atom is -0.197 e. The lowest BCUT2D eigenvalue weighted by atomic mass is 9.55. The molecule has 0 heterocycles. The topological polar surface area (TPSA) is 47.6 Å². The molecule has 4 atom stereocenters. The molecule has 2 bridgehead atoms. The zero-order valence-corrected chi connectivity index (χ0v) is 11.4. The Morgan fingerprint density at radius 2 is 1.24 bits per heavy atom. The van der Waals surface area contributed by atoms with Crippen molar-refractivity contribution in [3.63, 3.8) is 0 Å². The molecule has 0 amide bonds. The Morgan fingerprint density at radius 1 is 0.857 bits per heavy atom. The molecular weight excluding hydrogens is 345 g/mol. The molecule has 2 aliphatic carbocycles. The van der Waals surface area contributed by atoms with E-state index in [2.05, 4.69) is 0 Å². The summed E-state index contributed by atoms with van der Waals surface area (Å²) in [4.78, 5) is 0. The quantitative estimate of drug-likeness (QED) is 0.489. The monoisotopic (exact) mass is 350 g/mol. The van der Waals surface area contributed by atoms with Crippen molar-refractivity contribution < 1.29 is 26.3 Å². The molecule has 10 heteroatoms. The van der Waals surface area contributed by atoms with Gasteiger partial charge < -0.3 is 0 Å². The summed E-state index contributed by atoms with van der Waals surface area (Å²) in [5, 5.41) is 15.1. The van der Waals surface area contributed by atoms with Crippen LogP contribution in [0.2, 0.25) is 0 Å². The molecule has 0 N–H and O–H groups in total. The smallest absolute Gasteiger partial charge is 0.197 e. The van der Waals surface area contributed by atoms with Crippen LogP contribution in [0, 0.1) is 45.3 Å². The first-order valence-electron chi connectivity index (χ1n) is 5.66. The zero-order chi connectivity index (χ0) is 16.4. The zero-order valence-electron chi connectivity index (χ0n) is 9.93. The summed E-state index contributed by atoms with van der Waals surface area (Å²) in [6.07, 6.45) is -12.4. The van der Waals surface area contributed by atoms with Crippen LogP contribution in [0.5, 0.6) is 0 Å². The van der Waals surface area contributed by atoms with Gasteiger partial charge in [-0.05, 0) is 6.42 Å². The van der Waals surface area contributed by atoms with Crippen LogP contribution in [0.3, 0.4) is 0 Å². The Hall–Kier alpha value is -0.860. The second kappa shape index (κ2) is 4.33. The Bertz CT molecular complexity index is 515. The number of nitrogens with zero attached hydrogens (tertiary/aromatic N) is 2. The van der Waals surface area contributed by atoms with Crippen LogP contribution in [0.4, 0.5) is 26.3 Å². The van der Waals surface area contributed by atoms with Gasteiger partial charge in [-0.15, -0.1) is 23.2 Å². The van der Waals surface area contributed by atoms with E-state index in [4.69, 9.17) is 33.7 Å². The van der Waals surface area contributed by atoms with Crippen molar-refractivity contribution in [3.8, 4) is 12.1 Å². The molecular formula is C11H6Cl2F6N2. The predicted molar refractivity (Wildman–Crippen MR) is 59.1 cm³/mol. The normalized spacial score (nSPS) is 37.0. The molecule has 0 saturated heterocycles. The van der Waals surface area contributed by atoms with Crippen LogP contribution in [0.25, 0.3) is 0 Å². The van der Waals surface area contributed by atoms with E-state index in [0.717, 1.165) is 12.1 Å². The Morgan fingerprint density at radius 3 is 1.57 bits per heavy atom. The van der Waals surface area contributed by atoms with Crippen molar-refractivity contribution in [2.24, 2.45) is 22.7 Å². The fourth-order valence-corrected chi connectivity index (χ4v) is 4.72. The van der Waals surface area contributed by atoms with E-state index in [-0.39, 0.29) is 0 Å². The van der Waals surface area contributed by atoms with Gasteiger partial charge in [-0.25, -0.2) is 0 Å². The average Bonchev–Trinajstić information content (AvgIpc) is 2.80. The number of nitriles is 2. The maximum atomic E-state index is 13.4. The molecule has 0 radical (unpaired) electrons. The summed E-state index contributed by atoms with van der Waals surface area (Å²) >= 11 is 11.4. The van der Waals surface area contributed by atoms with Gasteiger partial charge >= 0.3 is 12.4 Å². The molecule has 2 fully saturated rings. The molecule has 21 heavy (non-hydrogen) atoms. The van der Waals surface area contributed by atoms with Crippen molar-refractivity contribution in [3.05, 3.63) is 0 Å². The van der Waals surface area contributed by atoms with Crippen LogP contribution in [0.15, 0.2) is 0 Å². The van der Waals surface area contributed by atoms with E-state index in [1.165, 1.54) is 0 Å². The molecule has 0 aliphatic heterocycles. The first kappa shape index (κ1) is 16.5. The van der Waals surface area contributed by atoms with Crippen LogP contribution >= 0.6 is 23.2 Å². The Balaban J connectivity index is 2.86. The van der Waals surface area contributed by atoms with E-state index in [1.807, 2.05) is 0 Å².